The van der Waals surface area contributed by atoms with E-state index >= 15 is 0 Å². The molecule has 3 heterocycles. The Hall–Kier alpha value is -2.26. The van der Waals surface area contributed by atoms with Gasteiger partial charge in [0.2, 0.25) is 0 Å². The highest BCUT2D eigenvalue weighted by Crippen LogP contribution is 2.22. The fourth-order valence-electron chi connectivity index (χ4n) is 2.26. The Labute approximate surface area is 131 Å². The van der Waals surface area contributed by atoms with Crippen LogP contribution in [0.2, 0.25) is 0 Å². The Balaban J connectivity index is 1.74. The number of thiazole rings is 1. The van der Waals surface area contributed by atoms with Crippen molar-refractivity contribution >= 4 is 34.0 Å². The fraction of sp³-hybridized carbons (Fsp3) is 0.385. The third kappa shape index (κ3) is 3.31. The first-order valence-electron chi connectivity index (χ1n) is 6.95. The Bertz CT molecular complexity index is 674. The minimum atomic E-state index is -0.486. The van der Waals surface area contributed by atoms with Gasteiger partial charge in [-0.15, -0.1) is 0 Å². The second-order valence-corrected chi connectivity index (χ2v) is 6.11. The molecule has 1 aliphatic heterocycles. The normalized spacial score (nSPS) is 18.2. The lowest BCUT2D eigenvalue weighted by Gasteiger charge is -2.32. The summed E-state index contributed by atoms with van der Waals surface area (Å²) in [5.41, 5.74) is 5.22. The van der Waals surface area contributed by atoms with Gasteiger partial charge in [0.15, 0.2) is 10.9 Å². The van der Waals surface area contributed by atoms with Crippen molar-refractivity contribution in [3.05, 3.63) is 23.5 Å². The van der Waals surface area contributed by atoms with Crippen LogP contribution in [0.3, 0.4) is 0 Å². The van der Waals surface area contributed by atoms with E-state index in [2.05, 4.69) is 37.4 Å². The van der Waals surface area contributed by atoms with Crippen LogP contribution in [0.25, 0.3) is 0 Å². The van der Waals surface area contributed by atoms with Crippen LogP contribution >= 0.6 is 11.3 Å². The van der Waals surface area contributed by atoms with E-state index in [4.69, 9.17) is 5.73 Å². The second kappa shape index (κ2) is 6.24. The molecule has 0 unspecified atom stereocenters. The van der Waals surface area contributed by atoms with Gasteiger partial charge in [0.05, 0.1) is 18.6 Å². The van der Waals surface area contributed by atoms with E-state index < -0.39 is 5.91 Å². The summed E-state index contributed by atoms with van der Waals surface area (Å²) in [6.07, 6.45) is 4.82. The van der Waals surface area contributed by atoms with Crippen molar-refractivity contribution in [3.8, 4) is 0 Å². The number of nitrogens with one attached hydrogen (secondary N) is 2. The molecule has 0 bridgehead atoms. The van der Waals surface area contributed by atoms with E-state index in [1.54, 1.807) is 12.4 Å². The zero-order valence-corrected chi connectivity index (χ0v) is 12.9. The molecule has 1 saturated heterocycles. The van der Waals surface area contributed by atoms with Gasteiger partial charge in [0.1, 0.15) is 10.7 Å². The molecule has 1 fully saturated rings. The molecule has 0 saturated carbocycles. The highest BCUT2D eigenvalue weighted by Gasteiger charge is 2.17. The van der Waals surface area contributed by atoms with E-state index in [-0.39, 0.29) is 0 Å². The molecule has 0 aliphatic carbocycles. The van der Waals surface area contributed by atoms with Crippen molar-refractivity contribution in [3.63, 3.8) is 0 Å². The zero-order valence-electron chi connectivity index (χ0n) is 12.1. The molecule has 4 N–H and O–H groups in total. The van der Waals surface area contributed by atoms with Gasteiger partial charge < -0.3 is 21.3 Å². The summed E-state index contributed by atoms with van der Waals surface area (Å²) in [5, 5.41) is 7.01. The number of anilines is 3. The molecule has 1 amide bonds. The van der Waals surface area contributed by atoms with E-state index in [9.17, 15) is 4.79 Å². The lowest BCUT2D eigenvalue weighted by molar-refractivity contribution is 0.100. The molecular formula is C13H17N7OS. The topological polar surface area (TPSA) is 109 Å². The number of carbonyl (C=O) groups is 1. The zero-order chi connectivity index (χ0) is 15.5. The number of piperazine rings is 1. The smallest absolute Gasteiger partial charge is 0.260 e. The predicted molar refractivity (Wildman–Crippen MR) is 85.6 cm³/mol. The molecule has 2 aromatic heterocycles. The van der Waals surface area contributed by atoms with Crippen molar-refractivity contribution in [2.75, 3.05) is 29.9 Å². The molecule has 9 heteroatoms. The Morgan fingerprint density at radius 1 is 1.50 bits per heavy atom. The lowest BCUT2D eigenvalue weighted by Crippen LogP contribution is -2.49. The predicted octanol–water partition coefficient (Wildman–Crippen LogP) is 0.574. The number of hydrogen-bond acceptors (Lipinski definition) is 8. The SMILES string of the molecule is C[C@H]1CN(c2cncc(Nc3ncc(C(N)=O)s3)n2)CCN1. The molecule has 0 aromatic carbocycles. The van der Waals surface area contributed by atoms with Crippen molar-refractivity contribution < 1.29 is 4.79 Å². The average Bonchev–Trinajstić information content (AvgIpc) is 2.96. The van der Waals surface area contributed by atoms with Crippen LogP contribution in [0.5, 0.6) is 0 Å². The maximum Gasteiger partial charge on any atom is 0.260 e. The molecule has 0 radical (unpaired) electrons. The van der Waals surface area contributed by atoms with Crippen LogP contribution in [0, 0.1) is 0 Å². The van der Waals surface area contributed by atoms with Crippen LogP contribution < -0.4 is 21.3 Å². The van der Waals surface area contributed by atoms with Crippen molar-refractivity contribution in [1.29, 1.82) is 0 Å². The van der Waals surface area contributed by atoms with Gasteiger partial charge in [-0.3, -0.25) is 9.78 Å². The van der Waals surface area contributed by atoms with E-state index in [1.165, 1.54) is 17.5 Å². The third-order valence-corrected chi connectivity index (χ3v) is 4.23. The lowest BCUT2D eigenvalue weighted by atomic mass is 10.2. The van der Waals surface area contributed by atoms with Crippen molar-refractivity contribution in [2.24, 2.45) is 5.73 Å². The molecule has 2 aromatic rings. The highest BCUT2D eigenvalue weighted by atomic mass is 32.1. The summed E-state index contributed by atoms with van der Waals surface area (Å²) < 4.78 is 0. The monoisotopic (exact) mass is 319 g/mol. The van der Waals surface area contributed by atoms with E-state index in [0.29, 0.717) is 21.9 Å². The maximum absolute atomic E-state index is 11.1. The van der Waals surface area contributed by atoms with E-state index in [0.717, 1.165) is 25.5 Å². The number of primary amides is 1. The molecular weight excluding hydrogens is 302 g/mol. The summed E-state index contributed by atoms with van der Waals surface area (Å²) >= 11 is 1.19. The van der Waals surface area contributed by atoms with Crippen LogP contribution in [0.15, 0.2) is 18.6 Å². The first kappa shape index (κ1) is 14.7. The number of rotatable bonds is 4. The van der Waals surface area contributed by atoms with Crippen LogP contribution in [0.1, 0.15) is 16.6 Å². The van der Waals surface area contributed by atoms with Crippen molar-refractivity contribution in [2.45, 2.75) is 13.0 Å². The molecule has 8 nitrogen and oxygen atoms in total. The summed E-state index contributed by atoms with van der Waals surface area (Å²) in [4.78, 5) is 26.6. The molecule has 1 atom stereocenters. The van der Waals surface area contributed by atoms with Crippen LogP contribution in [-0.4, -0.2) is 46.5 Å². The van der Waals surface area contributed by atoms with Gasteiger partial charge in [-0.1, -0.05) is 11.3 Å². The highest BCUT2D eigenvalue weighted by molar-refractivity contribution is 7.17. The Morgan fingerprint density at radius 2 is 2.36 bits per heavy atom. The molecule has 1 aliphatic rings. The van der Waals surface area contributed by atoms with E-state index in [1.807, 2.05) is 0 Å². The van der Waals surface area contributed by atoms with Crippen LogP contribution in [0.4, 0.5) is 16.8 Å². The summed E-state index contributed by atoms with van der Waals surface area (Å²) in [6.45, 7) is 4.85. The summed E-state index contributed by atoms with van der Waals surface area (Å²) in [6, 6.07) is 0.421. The Morgan fingerprint density at radius 3 is 3.09 bits per heavy atom. The number of carbonyl (C=O) groups excluding carboxylic acids is 1. The third-order valence-electron chi connectivity index (χ3n) is 3.30. The van der Waals surface area contributed by atoms with Crippen molar-refractivity contribution in [1.82, 2.24) is 20.3 Å². The molecule has 3 rings (SSSR count). The standard InChI is InChI=1S/C13H17N7OS/c1-8-7-20(3-2-16-8)11-6-15-5-10(18-11)19-13-17-4-9(22-13)12(14)21/h4-6,8,16H,2-3,7H2,1H3,(H2,14,21)(H,17,18,19)/t8-/m0/s1. The van der Waals surface area contributed by atoms with Gasteiger partial charge in [-0.2, -0.15) is 0 Å². The molecule has 0 spiro atoms. The van der Waals surface area contributed by atoms with Gasteiger partial charge >= 0.3 is 0 Å². The summed E-state index contributed by atoms with van der Waals surface area (Å²) in [5.74, 6) is 0.930. The molecule has 22 heavy (non-hydrogen) atoms. The van der Waals surface area contributed by atoms with Gasteiger partial charge in [-0.05, 0) is 6.92 Å². The second-order valence-electron chi connectivity index (χ2n) is 5.08. The number of hydrogen-bond donors (Lipinski definition) is 3. The first-order valence-corrected chi connectivity index (χ1v) is 7.76. The number of nitrogens with zero attached hydrogens (tertiary/aromatic N) is 4. The minimum Gasteiger partial charge on any atom is -0.365 e. The molecule has 116 valence electrons. The largest absolute Gasteiger partial charge is 0.365 e. The minimum absolute atomic E-state index is 0.405. The van der Waals surface area contributed by atoms with Crippen LogP contribution in [-0.2, 0) is 0 Å². The number of nitrogens with two attached hydrogens (primary N) is 1. The average molecular weight is 319 g/mol. The first-order chi connectivity index (χ1) is 10.6. The Kier molecular flexibility index (Phi) is 4.16. The quantitative estimate of drug-likeness (QED) is 0.756. The van der Waals surface area contributed by atoms with Gasteiger partial charge in [0.25, 0.3) is 5.91 Å². The fourth-order valence-corrected chi connectivity index (χ4v) is 2.94. The summed E-state index contributed by atoms with van der Waals surface area (Å²) in [7, 11) is 0. The van der Waals surface area contributed by atoms with Gasteiger partial charge in [-0.25, -0.2) is 9.97 Å². The van der Waals surface area contributed by atoms with Gasteiger partial charge in [0, 0.05) is 25.7 Å². The number of amides is 1. The number of aromatic nitrogens is 3. The maximum atomic E-state index is 11.1.